The lowest BCUT2D eigenvalue weighted by Crippen LogP contribution is -2.33. The Labute approximate surface area is 80.0 Å². The molecule has 0 aromatic carbocycles. The van der Waals surface area contributed by atoms with Crippen LogP contribution in [0.25, 0.3) is 0 Å². The summed E-state index contributed by atoms with van der Waals surface area (Å²) in [5.41, 5.74) is -1.81. The third-order valence-electron chi connectivity index (χ3n) is 1.72. The van der Waals surface area contributed by atoms with Crippen LogP contribution in [0.1, 0.15) is 11.3 Å². The van der Waals surface area contributed by atoms with Crippen LogP contribution < -0.4 is 0 Å². The Hall–Kier alpha value is -1.13. The highest BCUT2D eigenvalue weighted by Gasteiger charge is 2.37. The normalized spacial score (nSPS) is 14.8. The van der Waals surface area contributed by atoms with Crippen LogP contribution in [0.3, 0.4) is 0 Å². The molecule has 70 valence electrons. The van der Waals surface area contributed by atoms with Gasteiger partial charge in [-0.05, 0) is 11.4 Å². The van der Waals surface area contributed by atoms with E-state index in [9.17, 15) is 9.90 Å². The van der Waals surface area contributed by atoms with Crippen LogP contribution in [0.2, 0.25) is 0 Å². The molecule has 1 unspecified atom stereocenters. The molecular formula is C9H10O3S. The van der Waals surface area contributed by atoms with Gasteiger partial charge in [0.1, 0.15) is 0 Å². The van der Waals surface area contributed by atoms with Crippen LogP contribution in [0, 0.1) is 0 Å². The van der Waals surface area contributed by atoms with E-state index in [2.05, 4.69) is 6.58 Å². The standard InChI is InChI=1S/C9H10O3S/c1-2-5-9(12,8(10)11)7-4-3-6-13-7/h2-4,6,12H,1,5H2,(H,10,11). The van der Waals surface area contributed by atoms with Crippen LogP contribution >= 0.6 is 11.3 Å². The SMILES string of the molecule is C=CCC(O)(C(=O)O)c1cccs1. The van der Waals surface area contributed by atoms with E-state index in [0.717, 1.165) is 0 Å². The molecule has 1 aromatic heterocycles. The Kier molecular flexibility index (Phi) is 2.85. The quantitative estimate of drug-likeness (QED) is 0.722. The minimum Gasteiger partial charge on any atom is -0.479 e. The number of aliphatic hydroxyl groups is 1. The number of carbonyl (C=O) groups is 1. The molecule has 0 saturated heterocycles. The van der Waals surface area contributed by atoms with Crippen molar-refractivity contribution in [2.24, 2.45) is 0 Å². The molecule has 2 N–H and O–H groups in total. The zero-order valence-corrected chi connectivity index (χ0v) is 7.75. The third kappa shape index (κ3) is 1.79. The summed E-state index contributed by atoms with van der Waals surface area (Å²) in [5.74, 6) is -1.24. The summed E-state index contributed by atoms with van der Waals surface area (Å²) in [6, 6.07) is 3.30. The Morgan fingerprint density at radius 1 is 1.77 bits per heavy atom. The van der Waals surface area contributed by atoms with Gasteiger partial charge in [0.05, 0.1) is 0 Å². The van der Waals surface area contributed by atoms with Crippen molar-refractivity contribution in [2.45, 2.75) is 12.0 Å². The monoisotopic (exact) mass is 198 g/mol. The Balaban J connectivity index is 3.05. The van der Waals surface area contributed by atoms with Gasteiger partial charge >= 0.3 is 5.97 Å². The fourth-order valence-electron chi connectivity index (χ4n) is 1.02. The Bertz CT molecular complexity index is 305. The Morgan fingerprint density at radius 3 is 2.85 bits per heavy atom. The third-order valence-corrected chi connectivity index (χ3v) is 2.74. The Morgan fingerprint density at radius 2 is 2.46 bits per heavy atom. The first-order valence-corrected chi connectivity index (χ1v) is 4.60. The maximum Gasteiger partial charge on any atom is 0.341 e. The van der Waals surface area contributed by atoms with Gasteiger partial charge < -0.3 is 10.2 Å². The van der Waals surface area contributed by atoms with Gasteiger partial charge in [0, 0.05) is 11.3 Å². The molecule has 1 heterocycles. The summed E-state index contributed by atoms with van der Waals surface area (Å²) in [5, 5.41) is 20.4. The van der Waals surface area contributed by atoms with Gasteiger partial charge in [-0.15, -0.1) is 17.9 Å². The molecule has 0 radical (unpaired) electrons. The molecular weight excluding hydrogens is 188 g/mol. The number of aliphatic carboxylic acids is 1. The van der Waals surface area contributed by atoms with Crippen molar-refractivity contribution in [3.8, 4) is 0 Å². The average molecular weight is 198 g/mol. The van der Waals surface area contributed by atoms with Gasteiger partial charge in [-0.25, -0.2) is 4.79 Å². The van der Waals surface area contributed by atoms with E-state index in [1.165, 1.54) is 17.4 Å². The predicted octanol–water partition coefficient (Wildman–Crippen LogP) is 1.60. The van der Waals surface area contributed by atoms with E-state index < -0.39 is 11.6 Å². The van der Waals surface area contributed by atoms with Crippen molar-refractivity contribution in [1.29, 1.82) is 0 Å². The largest absolute Gasteiger partial charge is 0.479 e. The van der Waals surface area contributed by atoms with Crippen molar-refractivity contribution in [2.75, 3.05) is 0 Å². The number of carboxylic acid groups (broad SMARTS) is 1. The van der Waals surface area contributed by atoms with E-state index in [-0.39, 0.29) is 6.42 Å². The van der Waals surface area contributed by atoms with Crippen LogP contribution in [0.15, 0.2) is 30.2 Å². The number of hydrogen-bond donors (Lipinski definition) is 2. The summed E-state index contributed by atoms with van der Waals surface area (Å²) < 4.78 is 0. The second kappa shape index (κ2) is 3.72. The van der Waals surface area contributed by atoms with Crippen LogP contribution in [-0.4, -0.2) is 16.2 Å². The molecule has 0 aliphatic carbocycles. The van der Waals surface area contributed by atoms with Gasteiger partial charge in [-0.1, -0.05) is 12.1 Å². The molecule has 0 aliphatic heterocycles. The fourth-order valence-corrected chi connectivity index (χ4v) is 1.84. The van der Waals surface area contributed by atoms with E-state index >= 15 is 0 Å². The smallest absolute Gasteiger partial charge is 0.341 e. The first-order valence-electron chi connectivity index (χ1n) is 3.72. The molecule has 0 amide bonds. The molecule has 1 rings (SSSR count). The molecule has 1 atom stereocenters. The highest BCUT2D eigenvalue weighted by molar-refractivity contribution is 7.10. The van der Waals surface area contributed by atoms with Crippen molar-refractivity contribution < 1.29 is 15.0 Å². The van der Waals surface area contributed by atoms with E-state index in [1.54, 1.807) is 17.5 Å². The lowest BCUT2D eigenvalue weighted by Gasteiger charge is -2.19. The maximum absolute atomic E-state index is 10.8. The molecule has 13 heavy (non-hydrogen) atoms. The molecule has 0 bridgehead atoms. The minimum atomic E-state index is -1.81. The zero-order valence-electron chi connectivity index (χ0n) is 6.93. The number of carboxylic acids is 1. The molecule has 0 aliphatic rings. The predicted molar refractivity (Wildman–Crippen MR) is 50.7 cm³/mol. The topological polar surface area (TPSA) is 57.5 Å². The van der Waals surface area contributed by atoms with Gasteiger partial charge in [-0.2, -0.15) is 0 Å². The van der Waals surface area contributed by atoms with Gasteiger partial charge in [0.25, 0.3) is 0 Å². The van der Waals surface area contributed by atoms with Crippen molar-refractivity contribution >= 4 is 17.3 Å². The summed E-state index contributed by atoms with van der Waals surface area (Å²) in [6.07, 6.45) is 1.41. The lowest BCUT2D eigenvalue weighted by atomic mass is 9.98. The molecule has 1 aromatic rings. The highest BCUT2D eigenvalue weighted by atomic mass is 32.1. The molecule has 0 fully saturated rings. The van der Waals surface area contributed by atoms with Gasteiger partial charge in [-0.3, -0.25) is 0 Å². The minimum absolute atomic E-state index is 0.0167. The van der Waals surface area contributed by atoms with E-state index in [1.807, 2.05) is 0 Å². The van der Waals surface area contributed by atoms with Crippen molar-refractivity contribution in [3.63, 3.8) is 0 Å². The lowest BCUT2D eigenvalue weighted by molar-refractivity contribution is -0.159. The second-order valence-electron chi connectivity index (χ2n) is 2.64. The summed E-state index contributed by atoms with van der Waals surface area (Å²) in [4.78, 5) is 11.2. The van der Waals surface area contributed by atoms with Crippen molar-refractivity contribution in [1.82, 2.24) is 0 Å². The van der Waals surface area contributed by atoms with Gasteiger partial charge in [0.15, 0.2) is 5.60 Å². The summed E-state index contributed by atoms with van der Waals surface area (Å²) in [7, 11) is 0. The fraction of sp³-hybridized carbons (Fsp3) is 0.222. The molecule has 0 saturated carbocycles. The summed E-state index contributed by atoms with van der Waals surface area (Å²) >= 11 is 1.22. The van der Waals surface area contributed by atoms with Crippen LogP contribution in [-0.2, 0) is 10.4 Å². The number of hydrogen-bond acceptors (Lipinski definition) is 3. The van der Waals surface area contributed by atoms with Crippen LogP contribution in [0.4, 0.5) is 0 Å². The maximum atomic E-state index is 10.8. The number of rotatable bonds is 4. The van der Waals surface area contributed by atoms with Gasteiger partial charge in [0.2, 0.25) is 0 Å². The first kappa shape index (κ1) is 9.95. The summed E-state index contributed by atoms with van der Waals surface area (Å²) in [6.45, 7) is 3.42. The first-order chi connectivity index (χ1) is 6.11. The average Bonchev–Trinajstić information content (AvgIpc) is 2.56. The number of thiophene rings is 1. The van der Waals surface area contributed by atoms with E-state index in [0.29, 0.717) is 4.88 Å². The van der Waals surface area contributed by atoms with Crippen molar-refractivity contribution in [3.05, 3.63) is 35.0 Å². The zero-order chi connectivity index (χ0) is 9.90. The molecule has 3 nitrogen and oxygen atoms in total. The molecule has 0 spiro atoms. The van der Waals surface area contributed by atoms with E-state index in [4.69, 9.17) is 5.11 Å². The second-order valence-corrected chi connectivity index (χ2v) is 3.58. The van der Waals surface area contributed by atoms with Crippen LogP contribution in [0.5, 0.6) is 0 Å². The molecule has 4 heteroatoms. The highest BCUT2D eigenvalue weighted by Crippen LogP contribution is 2.29.